The van der Waals surface area contributed by atoms with E-state index in [1.807, 2.05) is 23.2 Å². The summed E-state index contributed by atoms with van der Waals surface area (Å²) in [5.74, 6) is 1.35. The molecule has 126 valence electrons. The summed E-state index contributed by atoms with van der Waals surface area (Å²) in [6.07, 6.45) is 2.48. The predicted octanol–water partition coefficient (Wildman–Crippen LogP) is 0.414. The molecule has 1 N–H and O–H groups in total. The number of nitrogens with one attached hydrogen (secondary N) is 1. The van der Waals surface area contributed by atoms with E-state index in [4.69, 9.17) is 0 Å². The van der Waals surface area contributed by atoms with Crippen molar-refractivity contribution in [3.8, 4) is 0 Å². The number of carbonyl (C=O) groups excluding carboxylic acids is 1. The first-order chi connectivity index (χ1) is 11.2. The smallest absolute Gasteiger partial charge is 0.224 e. The molecular weight excluding hydrogens is 290 g/mol. The molecule has 1 amide bonds. The molecule has 0 spiro atoms. The monoisotopic (exact) mass is 317 g/mol. The fourth-order valence-electron chi connectivity index (χ4n) is 3.35. The third-order valence-electron chi connectivity index (χ3n) is 4.81. The summed E-state index contributed by atoms with van der Waals surface area (Å²) in [5, 5.41) is 3.33. The largest absolute Gasteiger partial charge is 0.354 e. The van der Waals surface area contributed by atoms with Crippen LogP contribution in [0.1, 0.15) is 13.3 Å². The zero-order valence-electron chi connectivity index (χ0n) is 13.9. The third-order valence-corrected chi connectivity index (χ3v) is 4.81. The van der Waals surface area contributed by atoms with E-state index in [-0.39, 0.29) is 0 Å². The molecule has 3 rings (SSSR count). The minimum atomic E-state index is 0.297. The van der Waals surface area contributed by atoms with Crippen molar-refractivity contribution in [2.45, 2.75) is 19.4 Å². The SMILES string of the molecule is C[C@@H]1CNCCN1C(=O)CCN1CCN(c2ccccn2)CC1. The van der Waals surface area contributed by atoms with E-state index in [1.54, 1.807) is 0 Å². The van der Waals surface area contributed by atoms with Gasteiger partial charge in [-0.25, -0.2) is 4.98 Å². The molecule has 6 nitrogen and oxygen atoms in total. The Morgan fingerprint density at radius 3 is 2.78 bits per heavy atom. The molecule has 0 bridgehead atoms. The van der Waals surface area contributed by atoms with Crippen molar-refractivity contribution >= 4 is 11.7 Å². The molecule has 2 aliphatic rings. The first-order valence-electron chi connectivity index (χ1n) is 8.62. The average Bonchev–Trinajstić information content (AvgIpc) is 2.61. The lowest BCUT2D eigenvalue weighted by molar-refractivity contribution is -0.134. The highest BCUT2D eigenvalue weighted by molar-refractivity contribution is 5.76. The molecular formula is C17H27N5O. The number of carbonyl (C=O) groups is 1. The number of pyridine rings is 1. The van der Waals surface area contributed by atoms with Gasteiger partial charge in [-0.05, 0) is 19.1 Å². The Morgan fingerprint density at radius 2 is 2.09 bits per heavy atom. The van der Waals surface area contributed by atoms with Crippen LogP contribution < -0.4 is 10.2 Å². The van der Waals surface area contributed by atoms with Crippen molar-refractivity contribution in [3.63, 3.8) is 0 Å². The zero-order chi connectivity index (χ0) is 16.1. The van der Waals surface area contributed by atoms with E-state index in [0.29, 0.717) is 18.4 Å². The van der Waals surface area contributed by atoms with E-state index < -0.39 is 0 Å². The van der Waals surface area contributed by atoms with Crippen molar-refractivity contribution < 1.29 is 4.79 Å². The Kier molecular flexibility index (Phi) is 5.46. The van der Waals surface area contributed by atoms with Crippen LogP contribution in [0.5, 0.6) is 0 Å². The van der Waals surface area contributed by atoms with Crippen LogP contribution in [0.3, 0.4) is 0 Å². The number of nitrogens with zero attached hydrogens (tertiary/aromatic N) is 4. The molecule has 0 saturated carbocycles. The number of hydrogen-bond acceptors (Lipinski definition) is 5. The second-order valence-corrected chi connectivity index (χ2v) is 6.41. The first kappa shape index (κ1) is 16.2. The molecule has 2 saturated heterocycles. The molecule has 3 heterocycles. The Bertz CT molecular complexity index is 501. The van der Waals surface area contributed by atoms with Crippen molar-refractivity contribution in [2.75, 3.05) is 57.3 Å². The summed E-state index contributed by atoms with van der Waals surface area (Å²) in [7, 11) is 0. The molecule has 1 aromatic heterocycles. The molecule has 6 heteroatoms. The van der Waals surface area contributed by atoms with Crippen molar-refractivity contribution in [3.05, 3.63) is 24.4 Å². The van der Waals surface area contributed by atoms with Gasteiger partial charge in [-0.15, -0.1) is 0 Å². The lowest BCUT2D eigenvalue weighted by atomic mass is 10.2. The highest BCUT2D eigenvalue weighted by Gasteiger charge is 2.24. The predicted molar refractivity (Wildman–Crippen MR) is 91.6 cm³/mol. The van der Waals surface area contributed by atoms with Gasteiger partial charge in [-0.3, -0.25) is 9.69 Å². The second-order valence-electron chi connectivity index (χ2n) is 6.41. The highest BCUT2D eigenvalue weighted by Crippen LogP contribution is 2.13. The topological polar surface area (TPSA) is 51.7 Å². The van der Waals surface area contributed by atoms with E-state index in [9.17, 15) is 4.79 Å². The standard InChI is InChI=1S/C17H27N5O/c1-15-14-18-7-9-22(15)17(23)5-8-20-10-12-21(13-11-20)16-4-2-3-6-19-16/h2-4,6,15,18H,5,7-14H2,1H3/t15-/m1/s1. The minimum Gasteiger partial charge on any atom is -0.354 e. The molecule has 0 aliphatic carbocycles. The Hall–Kier alpha value is -1.66. The fourth-order valence-corrected chi connectivity index (χ4v) is 3.35. The van der Waals surface area contributed by atoms with Gasteiger partial charge in [0.25, 0.3) is 0 Å². The van der Waals surface area contributed by atoms with Gasteiger partial charge in [0, 0.05) is 71.0 Å². The first-order valence-corrected chi connectivity index (χ1v) is 8.62. The molecule has 1 aromatic rings. The van der Waals surface area contributed by atoms with E-state index >= 15 is 0 Å². The normalized spacial score (nSPS) is 23.1. The number of amides is 1. The maximum Gasteiger partial charge on any atom is 0.224 e. The van der Waals surface area contributed by atoms with Crippen LogP contribution in [0.4, 0.5) is 5.82 Å². The van der Waals surface area contributed by atoms with Crippen LogP contribution in [-0.2, 0) is 4.79 Å². The lowest BCUT2D eigenvalue weighted by Crippen LogP contribution is -2.53. The van der Waals surface area contributed by atoms with Crippen LogP contribution in [0.2, 0.25) is 0 Å². The quantitative estimate of drug-likeness (QED) is 0.872. The van der Waals surface area contributed by atoms with Crippen molar-refractivity contribution in [1.82, 2.24) is 20.1 Å². The summed E-state index contributed by atoms with van der Waals surface area (Å²) < 4.78 is 0. The van der Waals surface area contributed by atoms with Crippen molar-refractivity contribution in [2.24, 2.45) is 0 Å². The van der Waals surface area contributed by atoms with Crippen LogP contribution in [0.15, 0.2) is 24.4 Å². The number of hydrogen-bond donors (Lipinski definition) is 1. The van der Waals surface area contributed by atoms with Crippen LogP contribution in [0, 0.1) is 0 Å². The summed E-state index contributed by atoms with van der Waals surface area (Å²) in [6.45, 7) is 9.62. The van der Waals surface area contributed by atoms with Gasteiger partial charge in [-0.1, -0.05) is 6.07 Å². The highest BCUT2D eigenvalue weighted by atomic mass is 16.2. The van der Waals surface area contributed by atoms with Crippen LogP contribution in [-0.4, -0.2) is 79.1 Å². The molecule has 0 radical (unpaired) electrons. The third kappa shape index (κ3) is 4.20. The maximum absolute atomic E-state index is 12.4. The summed E-state index contributed by atoms with van der Waals surface area (Å²) in [6, 6.07) is 6.35. The number of rotatable bonds is 4. The molecule has 0 aromatic carbocycles. The van der Waals surface area contributed by atoms with E-state index in [1.165, 1.54) is 0 Å². The van der Waals surface area contributed by atoms with Gasteiger partial charge in [-0.2, -0.15) is 0 Å². The Labute approximate surface area is 138 Å². The van der Waals surface area contributed by atoms with E-state index in [2.05, 4.69) is 33.1 Å². The second kappa shape index (κ2) is 7.75. The van der Waals surface area contributed by atoms with Gasteiger partial charge in [0.1, 0.15) is 5.82 Å². The zero-order valence-corrected chi connectivity index (χ0v) is 13.9. The summed E-state index contributed by atoms with van der Waals surface area (Å²) in [5.41, 5.74) is 0. The van der Waals surface area contributed by atoms with Crippen LogP contribution >= 0.6 is 0 Å². The Balaban J connectivity index is 1.41. The molecule has 2 fully saturated rings. The maximum atomic E-state index is 12.4. The lowest BCUT2D eigenvalue weighted by Gasteiger charge is -2.37. The molecule has 0 unspecified atom stereocenters. The van der Waals surface area contributed by atoms with Crippen LogP contribution in [0.25, 0.3) is 0 Å². The van der Waals surface area contributed by atoms with Crippen molar-refractivity contribution in [1.29, 1.82) is 0 Å². The summed E-state index contributed by atoms with van der Waals surface area (Å²) >= 11 is 0. The Morgan fingerprint density at radius 1 is 1.26 bits per heavy atom. The van der Waals surface area contributed by atoms with Gasteiger partial charge in [0.2, 0.25) is 5.91 Å². The summed E-state index contributed by atoms with van der Waals surface area (Å²) in [4.78, 5) is 23.5. The number of piperazine rings is 2. The molecule has 1 atom stereocenters. The number of aromatic nitrogens is 1. The van der Waals surface area contributed by atoms with Gasteiger partial charge in [0.05, 0.1) is 0 Å². The van der Waals surface area contributed by atoms with Gasteiger partial charge in [0.15, 0.2) is 0 Å². The molecule has 23 heavy (non-hydrogen) atoms. The van der Waals surface area contributed by atoms with Gasteiger partial charge >= 0.3 is 0 Å². The minimum absolute atomic E-state index is 0.297. The number of anilines is 1. The van der Waals surface area contributed by atoms with Gasteiger partial charge < -0.3 is 15.1 Å². The van der Waals surface area contributed by atoms with E-state index in [0.717, 1.165) is 58.2 Å². The molecule has 2 aliphatic heterocycles. The average molecular weight is 317 g/mol. The fraction of sp³-hybridized carbons (Fsp3) is 0.647.